The van der Waals surface area contributed by atoms with E-state index in [4.69, 9.17) is 5.11 Å². The molecule has 0 aromatic carbocycles. The lowest BCUT2D eigenvalue weighted by atomic mass is 10.4. The molecule has 0 rings (SSSR count). The predicted molar refractivity (Wildman–Crippen MR) is 45.7 cm³/mol. The number of nitrogens with zero attached hydrogens (tertiary/aromatic N) is 1. The molecule has 0 spiro atoms. The van der Waals surface area contributed by atoms with Gasteiger partial charge in [0.25, 0.3) is 0 Å². The Hall–Kier alpha value is -1.41. The normalized spacial score (nSPS) is 7.67. The number of carbonyl (C=O) groups excluding carboxylic acids is 1. The number of hydrogen-bond acceptors (Lipinski definition) is 3. The Kier molecular flexibility index (Phi) is 8.46. The van der Waals surface area contributed by atoms with Crippen LogP contribution in [0.15, 0.2) is 17.1 Å². The lowest BCUT2D eigenvalue weighted by Crippen LogP contribution is -1.92. The Labute approximate surface area is 71.6 Å². The van der Waals surface area contributed by atoms with Crippen molar-refractivity contribution in [1.29, 1.82) is 0 Å². The zero-order valence-corrected chi connectivity index (χ0v) is 7.50. The van der Waals surface area contributed by atoms with Crippen molar-refractivity contribution in [2.45, 2.75) is 26.8 Å². The van der Waals surface area contributed by atoms with Crippen molar-refractivity contribution in [2.24, 2.45) is 4.99 Å². The Morgan fingerprint density at radius 2 is 1.92 bits per heavy atom. The van der Waals surface area contributed by atoms with Crippen LogP contribution in [-0.4, -0.2) is 23.2 Å². The standard InChI is InChI=1S/C4H7NO.C4H6O2/c1-4(2)5-3-6;1-3(2)4(5)6/h4H,1-2H3;1H2,2H3,(H,5,6). The monoisotopic (exact) mass is 171 g/mol. The van der Waals surface area contributed by atoms with Gasteiger partial charge in [0.1, 0.15) is 0 Å². The fourth-order valence-electron chi connectivity index (χ4n) is 0.105. The highest BCUT2D eigenvalue weighted by Gasteiger charge is 1.90. The molecular formula is C8H13NO3. The summed E-state index contributed by atoms with van der Waals surface area (Å²) in [6, 6.07) is 0.0995. The van der Waals surface area contributed by atoms with E-state index >= 15 is 0 Å². The fourth-order valence-corrected chi connectivity index (χ4v) is 0.105. The molecule has 0 atom stereocenters. The number of isocyanates is 1. The Bertz CT molecular complexity index is 190. The zero-order valence-electron chi connectivity index (χ0n) is 7.50. The average Bonchev–Trinajstić information content (AvgIpc) is 1.87. The lowest BCUT2D eigenvalue weighted by molar-refractivity contribution is -0.132. The largest absolute Gasteiger partial charge is 0.478 e. The minimum Gasteiger partial charge on any atom is -0.478 e. The summed E-state index contributed by atoms with van der Waals surface area (Å²) in [7, 11) is 0. The van der Waals surface area contributed by atoms with E-state index in [9.17, 15) is 9.59 Å². The third-order valence-corrected chi connectivity index (χ3v) is 0.676. The van der Waals surface area contributed by atoms with Gasteiger partial charge >= 0.3 is 5.97 Å². The van der Waals surface area contributed by atoms with E-state index in [1.165, 1.54) is 13.0 Å². The van der Waals surface area contributed by atoms with Crippen LogP contribution in [-0.2, 0) is 9.59 Å². The van der Waals surface area contributed by atoms with E-state index in [2.05, 4.69) is 11.6 Å². The molecule has 0 aromatic heterocycles. The van der Waals surface area contributed by atoms with Gasteiger partial charge in [-0.05, 0) is 20.8 Å². The maximum Gasteiger partial charge on any atom is 0.330 e. The molecule has 0 aliphatic heterocycles. The molecule has 0 unspecified atom stereocenters. The number of rotatable bonds is 2. The van der Waals surface area contributed by atoms with Crippen LogP contribution in [0.5, 0.6) is 0 Å². The molecule has 0 aromatic rings. The van der Waals surface area contributed by atoms with Crippen LogP contribution in [0.1, 0.15) is 20.8 Å². The smallest absolute Gasteiger partial charge is 0.330 e. The molecule has 0 fully saturated rings. The van der Waals surface area contributed by atoms with E-state index in [1.807, 2.05) is 13.8 Å². The molecule has 4 heteroatoms. The molecular weight excluding hydrogens is 158 g/mol. The molecule has 0 aliphatic carbocycles. The summed E-state index contributed by atoms with van der Waals surface area (Å²) in [4.78, 5) is 22.2. The first kappa shape index (κ1) is 13.2. The quantitative estimate of drug-likeness (QED) is 0.387. The van der Waals surface area contributed by atoms with Crippen LogP contribution >= 0.6 is 0 Å². The molecule has 0 amide bonds. The van der Waals surface area contributed by atoms with E-state index in [-0.39, 0.29) is 11.6 Å². The van der Waals surface area contributed by atoms with Crippen LogP contribution in [0.4, 0.5) is 0 Å². The number of carboxylic acids is 1. The summed E-state index contributed by atoms with van der Waals surface area (Å²) < 4.78 is 0. The van der Waals surface area contributed by atoms with E-state index in [0.29, 0.717) is 0 Å². The van der Waals surface area contributed by atoms with Crippen LogP contribution in [0, 0.1) is 0 Å². The molecule has 12 heavy (non-hydrogen) atoms. The minimum atomic E-state index is -0.935. The van der Waals surface area contributed by atoms with Crippen molar-refractivity contribution in [3.05, 3.63) is 12.2 Å². The summed E-state index contributed by atoms with van der Waals surface area (Å²) in [5.74, 6) is -0.935. The van der Waals surface area contributed by atoms with Gasteiger partial charge in [-0.15, -0.1) is 0 Å². The van der Waals surface area contributed by atoms with Crippen LogP contribution in [0.25, 0.3) is 0 Å². The summed E-state index contributed by atoms with van der Waals surface area (Å²) >= 11 is 0. The summed E-state index contributed by atoms with van der Waals surface area (Å²) in [6.45, 7) is 8.25. The Morgan fingerprint density at radius 3 is 1.92 bits per heavy atom. The lowest BCUT2D eigenvalue weighted by Gasteiger charge is -1.82. The highest BCUT2D eigenvalue weighted by atomic mass is 16.4. The third-order valence-electron chi connectivity index (χ3n) is 0.676. The first-order valence-corrected chi connectivity index (χ1v) is 3.37. The summed E-state index contributed by atoms with van der Waals surface area (Å²) in [5, 5.41) is 7.89. The van der Waals surface area contributed by atoms with Gasteiger partial charge in [-0.2, -0.15) is 0 Å². The van der Waals surface area contributed by atoms with Crippen molar-refractivity contribution in [1.82, 2.24) is 0 Å². The molecule has 1 N–H and O–H groups in total. The molecule has 0 bridgehead atoms. The van der Waals surface area contributed by atoms with Crippen molar-refractivity contribution in [3.8, 4) is 0 Å². The third kappa shape index (κ3) is 15.8. The van der Waals surface area contributed by atoms with Crippen molar-refractivity contribution >= 4 is 12.0 Å². The summed E-state index contributed by atoms with van der Waals surface area (Å²) in [5.41, 5.74) is 0.176. The van der Waals surface area contributed by atoms with Crippen LogP contribution in [0.3, 0.4) is 0 Å². The van der Waals surface area contributed by atoms with E-state index < -0.39 is 5.97 Å². The van der Waals surface area contributed by atoms with Gasteiger partial charge in [-0.1, -0.05) is 6.58 Å². The molecule has 0 radical (unpaired) electrons. The van der Waals surface area contributed by atoms with Crippen molar-refractivity contribution in [2.75, 3.05) is 0 Å². The molecule has 68 valence electrons. The SMILES string of the molecule is C=C(C)C(=O)O.CC(C)N=C=O. The van der Waals surface area contributed by atoms with Crippen molar-refractivity contribution in [3.63, 3.8) is 0 Å². The molecule has 0 saturated heterocycles. The fraction of sp³-hybridized carbons (Fsp3) is 0.500. The van der Waals surface area contributed by atoms with E-state index in [1.54, 1.807) is 0 Å². The van der Waals surface area contributed by atoms with Gasteiger partial charge in [0.05, 0.1) is 6.04 Å². The average molecular weight is 171 g/mol. The van der Waals surface area contributed by atoms with Gasteiger partial charge in [-0.25, -0.2) is 14.6 Å². The second-order valence-electron chi connectivity index (χ2n) is 2.40. The summed E-state index contributed by atoms with van der Waals surface area (Å²) in [6.07, 6.45) is 1.44. The van der Waals surface area contributed by atoms with Gasteiger partial charge in [-0.3, -0.25) is 0 Å². The topological polar surface area (TPSA) is 66.7 Å². The minimum absolute atomic E-state index is 0.0995. The maximum absolute atomic E-state index is 9.60. The molecule has 0 saturated carbocycles. The predicted octanol–water partition coefficient (Wildman–Crippen LogP) is 1.38. The number of aliphatic imine (C=N–C) groups is 1. The van der Waals surface area contributed by atoms with Gasteiger partial charge in [0.2, 0.25) is 6.08 Å². The number of carboxylic acid groups (broad SMARTS) is 1. The Morgan fingerprint density at radius 1 is 1.58 bits per heavy atom. The number of hydrogen-bond donors (Lipinski definition) is 1. The number of carbonyl (C=O) groups is 1. The molecule has 0 heterocycles. The van der Waals surface area contributed by atoms with Gasteiger partial charge in [0.15, 0.2) is 0 Å². The van der Waals surface area contributed by atoms with Gasteiger partial charge in [0, 0.05) is 5.57 Å². The first-order chi connectivity index (χ1) is 5.41. The first-order valence-electron chi connectivity index (χ1n) is 3.37. The zero-order chi connectivity index (χ0) is 10.1. The van der Waals surface area contributed by atoms with E-state index in [0.717, 1.165) is 0 Å². The second-order valence-corrected chi connectivity index (χ2v) is 2.40. The highest BCUT2D eigenvalue weighted by Crippen LogP contribution is 1.81. The highest BCUT2D eigenvalue weighted by molar-refractivity contribution is 5.84. The van der Waals surface area contributed by atoms with Gasteiger partial charge < -0.3 is 5.11 Å². The second kappa shape index (κ2) is 7.69. The molecule has 4 nitrogen and oxygen atoms in total. The maximum atomic E-state index is 9.60. The Balaban J connectivity index is 0. The number of aliphatic carboxylic acids is 1. The van der Waals surface area contributed by atoms with Crippen LogP contribution in [0.2, 0.25) is 0 Å². The van der Waals surface area contributed by atoms with Crippen LogP contribution < -0.4 is 0 Å². The van der Waals surface area contributed by atoms with Crippen molar-refractivity contribution < 1.29 is 14.7 Å². The molecule has 0 aliphatic rings.